The van der Waals surface area contributed by atoms with Gasteiger partial charge in [-0.1, -0.05) is 25.1 Å². The highest BCUT2D eigenvalue weighted by atomic mass is 16.5. The minimum Gasteiger partial charge on any atom is -0.548 e. The maximum atomic E-state index is 13.1. The highest BCUT2D eigenvalue weighted by Crippen LogP contribution is 2.50. The predicted octanol–water partition coefficient (Wildman–Crippen LogP) is 2.64. The molecule has 3 aliphatic rings. The molecular formula is C24H26NO5-. The van der Waals surface area contributed by atoms with Crippen LogP contribution in [-0.2, 0) is 14.4 Å². The molecule has 6 heteroatoms. The van der Waals surface area contributed by atoms with Gasteiger partial charge in [-0.25, -0.2) is 0 Å². The second-order valence-electron chi connectivity index (χ2n) is 8.05. The summed E-state index contributed by atoms with van der Waals surface area (Å²) in [4.78, 5) is 39.5. The first-order valence-electron chi connectivity index (χ1n) is 10.7. The van der Waals surface area contributed by atoms with E-state index in [1.807, 2.05) is 31.2 Å². The fourth-order valence-corrected chi connectivity index (χ4v) is 4.91. The monoisotopic (exact) mass is 408 g/mol. The molecule has 30 heavy (non-hydrogen) atoms. The van der Waals surface area contributed by atoms with Crippen molar-refractivity contribution in [1.82, 2.24) is 4.90 Å². The number of benzene rings is 1. The molecule has 0 radical (unpaired) electrons. The van der Waals surface area contributed by atoms with Gasteiger partial charge in [-0.2, -0.15) is 0 Å². The Labute approximate surface area is 176 Å². The third-order valence-electron chi connectivity index (χ3n) is 6.07. The number of carboxylic acid groups (broad SMARTS) is 1. The van der Waals surface area contributed by atoms with Gasteiger partial charge in [0.1, 0.15) is 5.75 Å². The number of Topliss-reactive ketones (excluding diaryl/α,β-unsaturated/α-hetero) is 2. The highest BCUT2D eigenvalue weighted by Gasteiger charge is 2.44. The molecule has 0 bridgehead atoms. The molecule has 0 saturated carbocycles. The van der Waals surface area contributed by atoms with Crippen molar-refractivity contribution in [3.63, 3.8) is 0 Å². The lowest BCUT2D eigenvalue weighted by atomic mass is 9.70. The SMILES string of the molecule is CCCOc1ccccc1C1C2=C(CCCC2=O)N(CC(=O)[O-])C2=C1C(=O)CCC2. The van der Waals surface area contributed by atoms with E-state index in [-0.39, 0.29) is 18.1 Å². The smallest absolute Gasteiger partial charge is 0.161 e. The third kappa shape index (κ3) is 3.55. The van der Waals surface area contributed by atoms with Crippen LogP contribution in [0.5, 0.6) is 5.75 Å². The minimum atomic E-state index is -1.21. The van der Waals surface area contributed by atoms with E-state index in [4.69, 9.17) is 4.74 Å². The number of hydrogen-bond donors (Lipinski definition) is 0. The molecule has 4 rings (SSSR count). The molecule has 0 N–H and O–H groups in total. The van der Waals surface area contributed by atoms with E-state index in [0.29, 0.717) is 62.0 Å². The molecule has 1 aliphatic heterocycles. The Kier molecular flexibility index (Phi) is 5.75. The van der Waals surface area contributed by atoms with Crippen molar-refractivity contribution in [2.24, 2.45) is 0 Å². The zero-order valence-corrected chi connectivity index (χ0v) is 17.2. The van der Waals surface area contributed by atoms with Crippen LogP contribution in [0.2, 0.25) is 0 Å². The summed E-state index contributed by atoms with van der Waals surface area (Å²) in [6.45, 7) is 2.23. The Morgan fingerprint density at radius 3 is 2.20 bits per heavy atom. The summed E-state index contributed by atoms with van der Waals surface area (Å²) in [5.74, 6) is -1.07. The van der Waals surface area contributed by atoms with E-state index < -0.39 is 11.9 Å². The first-order valence-corrected chi connectivity index (χ1v) is 10.7. The van der Waals surface area contributed by atoms with Crippen LogP contribution in [-0.4, -0.2) is 35.6 Å². The molecule has 1 aromatic rings. The topological polar surface area (TPSA) is 86.7 Å². The van der Waals surface area contributed by atoms with E-state index in [1.54, 1.807) is 4.90 Å². The molecule has 158 valence electrons. The van der Waals surface area contributed by atoms with Crippen LogP contribution in [0.15, 0.2) is 46.8 Å². The molecule has 1 aromatic carbocycles. The molecule has 1 heterocycles. The first kappa shape index (κ1) is 20.4. The summed E-state index contributed by atoms with van der Waals surface area (Å²) in [6, 6.07) is 7.57. The standard InChI is InChI=1S/C24H27NO5/c1-2-13-30-20-12-4-3-7-15(20)22-23-16(8-5-10-18(23)26)25(14-21(28)29)17-9-6-11-19(27)24(17)22/h3-4,7,12,22H,2,5-6,8-11,13-14H2,1H3,(H,28,29)/p-1. The minimum absolute atomic E-state index is 0.0141. The highest BCUT2D eigenvalue weighted by molar-refractivity contribution is 6.06. The van der Waals surface area contributed by atoms with Crippen molar-refractivity contribution in [2.45, 2.75) is 57.8 Å². The largest absolute Gasteiger partial charge is 0.548 e. The number of allylic oxidation sites excluding steroid dienone is 4. The normalized spacial score (nSPS) is 19.7. The maximum Gasteiger partial charge on any atom is 0.161 e. The Bertz CT molecular complexity index is 914. The zero-order chi connectivity index (χ0) is 21.3. The molecule has 0 spiro atoms. The van der Waals surface area contributed by atoms with Gasteiger partial charge in [0.15, 0.2) is 11.6 Å². The van der Waals surface area contributed by atoms with E-state index in [1.165, 1.54) is 0 Å². The molecule has 0 unspecified atom stereocenters. The van der Waals surface area contributed by atoms with Gasteiger partial charge in [0.05, 0.1) is 19.1 Å². The Hall–Kier alpha value is -2.89. The number of aliphatic carboxylic acids is 1. The lowest BCUT2D eigenvalue weighted by Gasteiger charge is -2.44. The summed E-state index contributed by atoms with van der Waals surface area (Å²) in [5, 5.41) is 11.5. The molecule has 0 aromatic heterocycles. The number of para-hydroxylation sites is 1. The van der Waals surface area contributed by atoms with Crippen molar-refractivity contribution >= 4 is 17.5 Å². The lowest BCUT2D eigenvalue weighted by Crippen LogP contribution is -2.44. The van der Waals surface area contributed by atoms with Gasteiger partial charge in [-0.15, -0.1) is 0 Å². The Morgan fingerprint density at radius 2 is 1.63 bits per heavy atom. The molecule has 0 amide bonds. The number of carbonyl (C=O) groups is 3. The first-order chi connectivity index (χ1) is 14.5. The van der Waals surface area contributed by atoms with Gasteiger partial charge in [-0.3, -0.25) is 9.59 Å². The number of ketones is 2. The van der Waals surface area contributed by atoms with Crippen LogP contribution in [0.25, 0.3) is 0 Å². The maximum absolute atomic E-state index is 13.1. The fourth-order valence-electron chi connectivity index (χ4n) is 4.91. The average Bonchev–Trinajstić information content (AvgIpc) is 2.73. The van der Waals surface area contributed by atoms with Gasteiger partial charge < -0.3 is 19.5 Å². The van der Waals surface area contributed by atoms with Gasteiger partial charge in [0.25, 0.3) is 0 Å². The van der Waals surface area contributed by atoms with Crippen molar-refractivity contribution < 1.29 is 24.2 Å². The molecule has 0 fully saturated rings. The summed E-state index contributed by atoms with van der Waals surface area (Å²) in [7, 11) is 0. The second-order valence-corrected chi connectivity index (χ2v) is 8.05. The van der Waals surface area contributed by atoms with Crippen molar-refractivity contribution in [3.05, 3.63) is 52.4 Å². The van der Waals surface area contributed by atoms with E-state index in [9.17, 15) is 19.5 Å². The molecule has 0 saturated heterocycles. The van der Waals surface area contributed by atoms with Crippen LogP contribution < -0.4 is 9.84 Å². The van der Waals surface area contributed by atoms with Gasteiger partial charge in [0.2, 0.25) is 0 Å². The van der Waals surface area contributed by atoms with E-state index in [2.05, 4.69) is 0 Å². The number of carbonyl (C=O) groups excluding carboxylic acids is 3. The lowest BCUT2D eigenvalue weighted by molar-refractivity contribution is -0.305. The van der Waals surface area contributed by atoms with E-state index >= 15 is 0 Å². The van der Waals surface area contributed by atoms with Gasteiger partial charge in [0, 0.05) is 46.9 Å². The van der Waals surface area contributed by atoms with Crippen molar-refractivity contribution in [1.29, 1.82) is 0 Å². The fraction of sp³-hybridized carbons (Fsp3) is 0.458. The summed E-state index contributed by atoms with van der Waals surface area (Å²) >= 11 is 0. The second kappa shape index (κ2) is 8.46. The summed E-state index contributed by atoms with van der Waals surface area (Å²) in [5.41, 5.74) is 3.40. The number of carboxylic acids is 1. The number of rotatable bonds is 6. The molecule has 6 nitrogen and oxygen atoms in total. The number of ether oxygens (including phenoxy) is 1. The summed E-state index contributed by atoms with van der Waals surface area (Å²) < 4.78 is 5.98. The average molecular weight is 408 g/mol. The Balaban J connectivity index is 1.94. The van der Waals surface area contributed by atoms with Crippen LogP contribution in [0.1, 0.15) is 63.4 Å². The van der Waals surface area contributed by atoms with Crippen LogP contribution in [0.3, 0.4) is 0 Å². The molecular weight excluding hydrogens is 382 g/mol. The van der Waals surface area contributed by atoms with Crippen LogP contribution >= 0.6 is 0 Å². The van der Waals surface area contributed by atoms with Crippen LogP contribution in [0, 0.1) is 0 Å². The molecule has 2 aliphatic carbocycles. The Morgan fingerprint density at radius 1 is 1.03 bits per heavy atom. The number of nitrogens with zero attached hydrogens (tertiary/aromatic N) is 1. The van der Waals surface area contributed by atoms with Gasteiger partial charge in [-0.05, 0) is 38.2 Å². The summed E-state index contributed by atoms with van der Waals surface area (Å²) in [6.07, 6.45) is 4.25. The van der Waals surface area contributed by atoms with Crippen molar-refractivity contribution in [2.75, 3.05) is 13.2 Å². The van der Waals surface area contributed by atoms with Crippen LogP contribution in [0.4, 0.5) is 0 Å². The van der Waals surface area contributed by atoms with E-state index in [0.717, 1.165) is 23.4 Å². The zero-order valence-electron chi connectivity index (χ0n) is 17.2. The third-order valence-corrected chi connectivity index (χ3v) is 6.07. The predicted molar refractivity (Wildman–Crippen MR) is 108 cm³/mol. The number of hydrogen-bond acceptors (Lipinski definition) is 6. The quantitative estimate of drug-likeness (QED) is 0.719. The molecule has 0 atom stereocenters. The van der Waals surface area contributed by atoms with Crippen molar-refractivity contribution in [3.8, 4) is 5.75 Å². The van der Waals surface area contributed by atoms with Gasteiger partial charge >= 0.3 is 0 Å².